The molecule has 3 aromatic carbocycles. The molecule has 1 aliphatic heterocycles. The minimum absolute atomic E-state index is 0.132. The highest BCUT2D eigenvalue weighted by Gasteiger charge is 2.36. The fourth-order valence-electron chi connectivity index (χ4n) is 3.64. The zero-order valence-corrected chi connectivity index (χ0v) is 21.8. The molecule has 1 aliphatic rings. The number of hydrogen-bond donors (Lipinski definition) is 2. The van der Waals surface area contributed by atoms with Crippen LogP contribution < -0.4 is 15.0 Å². The van der Waals surface area contributed by atoms with E-state index in [9.17, 15) is 19.2 Å². The third-order valence-electron chi connectivity index (χ3n) is 5.62. The average molecular weight is 584 g/mol. The van der Waals surface area contributed by atoms with Gasteiger partial charge in [-0.3, -0.25) is 14.9 Å². The van der Waals surface area contributed by atoms with Crippen molar-refractivity contribution < 1.29 is 29.0 Å². The minimum Gasteiger partial charge on any atom is -0.486 e. The van der Waals surface area contributed by atoms with Crippen molar-refractivity contribution in [2.75, 3.05) is 4.90 Å². The van der Waals surface area contributed by atoms with Crippen molar-refractivity contribution in [2.45, 2.75) is 20.0 Å². The van der Waals surface area contributed by atoms with Crippen LogP contribution in [0.15, 0.2) is 70.7 Å². The summed E-state index contributed by atoms with van der Waals surface area (Å²) in [4.78, 5) is 50.0. The van der Waals surface area contributed by atoms with Crippen LogP contribution in [-0.2, 0) is 22.6 Å². The summed E-state index contributed by atoms with van der Waals surface area (Å²) in [5.74, 6) is -2.25. The van der Waals surface area contributed by atoms with E-state index in [0.717, 1.165) is 22.4 Å². The fourth-order valence-corrected chi connectivity index (χ4v) is 4.63. The SMILES string of the molecule is CCc1ccc(N2C(=O)NC(=O)/C(=C/c3cc(Cl)c(OCc4ccc(C(=O)O)cc4)c(Br)c3)C2=O)cc1. The van der Waals surface area contributed by atoms with E-state index >= 15 is 0 Å². The monoisotopic (exact) mass is 582 g/mol. The zero-order valence-electron chi connectivity index (χ0n) is 19.5. The summed E-state index contributed by atoms with van der Waals surface area (Å²) in [6.07, 6.45) is 2.15. The second-order valence-corrected chi connectivity index (χ2v) is 9.34. The molecule has 1 fully saturated rings. The van der Waals surface area contributed by atoms with Crippen LogP contribution in [0.2, 0.25) is 5.02 Å². The van der Waals surface area contributed by atoms with Crippen LogP contribution in [0.25, 0.3) is 6.08 Å². The van der Waals surface area contributed by atoms with E-state index in [1.165, 1.54) is 24.3 Å². The predicted octanol–water partition coefficient (Wildman–Crippen LogP) is 5.61. The van der Waals surface area contributed by atoms with Crippen molar-refractivity contribution in [3.63, 3.8) is 0 Å². The minimum atomic E-state index is -1.02. The van der Waals surface area contributed by atoms with Gasteiger partial charge in [-0.05, 0) is 81.5 Å². The van der Waals surface area contributed by atoms with Crippen LogP contribution in [0, 0.1) is 0 Å². The summed E-state index contributed by atoms with van der Waals surface area (Å²) < 4.78 is 6.28. The summed E-state index contributed by atoms with van der Waals surface area (Å²) in [6, 6.07) is 15.5. The van der Waals surface area contributed by atoms with Crippen molar-refractivity contribution in [1.82, 2.24) is 5.32 Å². The van der Waals surface area contributed by atoms with Crippen LogP contribution in [0.1, 0.15) is 34.0 Å². The van der Waals surface area contributed by atoms with Crippen LogP contribution in [0.5, 0.6) is 5.75 Å². The van der Waals surface area contributed by atoms with Gasteiger partial charge in [0.15, 0.2) is 5.75 Å². The molecule has 0 aromatic heterocycles. The van der Waals surface area contributed by atoms with Gasteiger partial charge < -0.3 is 9.84 Å². The Morgan fingerprint density at radius 2 is 1.70 bits per heavy atom. The number of halogens is 2. The number of rotatable bonds is 7. The molecular formula is C27H20BrClN2O6. The third kappa shape index (κ3) is 5.73. The molecule has 1 heterocycles. The molecule has 0 bridgehead atoms. The summed E-state index contributed by atoms with van der Waals surface area (Å²) in [6.45, 7) is 2.12. The summed E-state index contributed by atoms with van der Waals surface area (Å²) in [7, 11) is 0. The highest BCUT2D eigenvalue weighted by molar-refractivity contribution is 9.10. The largest absolute Gasteiger partial charge is 0.486 e. The standard InChI is InChI=1S/C27H20BrClN2O6/c1-2-15-5-9-19(10-6-15)31-25(33)20(24(32)30-27(31)36)11-17-12-21(28)23(22(29)13-17)37-14-16-3-7-18(8-4-16)26(34)35/h3-13H,2,14H2,1H3,(H,34,35)(H,30,32,36)/b20-11-. The molecule has 3 aromatic rings. The number of carboxylic acids is 1. The highest BCUT2D eigenvalue weighted by Crippen LogP contribution is 2.36. The number of nitrogens with one attached hydrogen (secondary N) is 1. The lowest BCUT2D eigenvalue weighted by molar-refractivity contribution is -0.122. The molecule has 188 valence electrons. The van der Waals surface area contributed by atoms with Crippen LogP contribution in [0.3, 0.4) is 0 Å². The van der Waals surface area contributed by atoms with E-state index in [4.69, 9.17) is 21.4 Å². The fraction of sp³-hybridized carbons (Fsp3) is 0.111. The Balaban J connectivity index is 1.56. The van der Waals surface area contributed by atoms with Gasteiger partial charge in [0, 0.05) is 0 Å². The van der Waals surface area contributed by atoms with E-state index < -0.39 is 23.8 Å². The number of imide groups is 2. The molecule has 0 unspecified atom stereocenters. The number of carbonyl (C=O) groups excluding carboxylic acids is 3. The van der Waals surface area contributed by atoms with Gasteiger partial charge in [-0.15, -0.1) is 0 Å². The molecule has 2 N–H and O–H groups in total. The predicted molar refractivity (Wildman–Crippen MR) is 142 cm³/mol. The number of carbonyl (C=O) groups is 4. The number of amides is 4. The van der Waals surface area contributed by atoms with Gasteiger partial charge in [0.1, 0.15) is 12.2 Å². The number of anilines is 1. The molecule has 1 saturated heterocycles. The quantitative estimate of drug-likeness (QED) is 0.276. The average Bonchev–Trinajstić information content (AvgIpc) is 2.86. The van der Waals surface area contributed by atoms with Crippen molar-refractivity contribution >= 4 is 63.1 Å². The topological polar surface area (TPSA) is 113 Å². The highest BCUT2D eigenvalue weighted by atomic mass is 79.9. The van der Waals surface area contributed by atoms with Crippen molar-refractivity contribution in [3.05, 3.63) is 98.0 Å². The summed E-state index contributed by atoms with van der Waals surface area (Å²) in [5.41, 5.74) is 2.50. The smallest absolute Gasteiger partial charge is 0.335 e. The molecule has 4 rings (SSSR count). The molecule has 37 heavy (non-hydrogen) atoms. The maximum absolute atomic E-state index is 13.1. The van der Waals surface area contributed by atoms with E-state index in [1.807, 2.05) is 19.1 Å². The first kappa shape index (κ1) is 26.1. The van der Waals surface area contributed by atoms with E-state index in [2.05, 4.69) is 21.2 Å². The number of carboxylic acid groups (broad SMARTS) is 1. The Morgan fingerprint density at radius 3 is 2.30 bits per heavy atom. The lowest BCUT2D eigenvalue weighted by Gasteiger charge is -2.26. The maximum Gasteiger partial charge on any atom is 0.335 e. The number of ether oxygens (including phenoxy) is 1. The van der Waals surface area contributed by atoms with Crippen molar-refractivity contribution in [3.8, 4) is 5.75 Å². The Morgan fingerprint density at radius 1 is 1.05 bits per heavy atom. The first-order valence-electron chi connectivity index (χ1n) is 11.1. The Bertz CT molecular complexity index is 1410. The summed E-state index contributed by atoms with van der Waals surface area (Å²) >= 11 is 9.82. The van der Waals surface area contributed by atoms with Crippen molar-refractivity contribution in [2.24, 2.45) is 0 Å². The summed E-state index contributed by atoms with van der Waals surface area (Å²) in [5, 5.41) is 11.4. The molecule has 8 nitrogen and oxygen atoms in total. The van der Waals surface area contributed by atoms with Gasteiger partial charge >= 0.3 is 12.0 Å². The Labute approximate surface area is 225 Å². The lowest BCUT2D eigenvalue weighted by atomic mass is 10.1. The van der Waals surface area contributed by atoms with E-state index in [1.54, 1.807) is 30.3 Å². The molecular weight excluding hydrogens is 564 g/mol. The number of barbiturate groups is 1. The first-order valence-corrected chi connectivity index (χ1v) is 12.3. The van der Waals surface area contributed by atoms with Crippen LogP contribution in [-0.4, -0.2) is 28.9 Å². The number of nitrogens with zero attached hydrogens (tertiary/aromatic N) is 1. The Kier molecular flexibility index (Phi) is 7.75. The Hall–Kier alpha value is -3.95. The molecule has 4 amide bonds. The van der Waals surface area contributed by atoms with Crippen molar-refractivity contribution in [1.29, 1.82) is 0 Å². The van der Waals surface area contributed by atoms with Gasteiger partial charge in [0.05, 0.1) is 20.7 Å². The van der Waals surface area contributed by atoms with Gasteiger partial charge in [0.2, 0.25) is 0 Å². The molecule has 0 atom stereocenters. The molecule has 0 spiro atoms. The maximum atomic E-state index is 13.1. The van der Waals surface area contributed by atoms with Gasteiger partial charge in [0.25, 0.3) is 11.8 Å². The number of aromatic carboxylic acids is 1. The normalized spacial score (nSPS) is 14.6. The van der Waals surface area contributed by atoms with Gasteiger partial charge in [-0.25, -0.2) is 14.5 Å². The molecule has 0 saturated carbocycles. The second-order valence-electron chi connectivity index (χ2n) is 8.08. The lowest BCUT2D eigenvalue weighted by Crippen LogP contribution is -2.54. The molecule has 0 radical (unpaired) electrons. The number of benzene rings is 3. The van der Waals surface area contributed by atoms with Crippen LogP contribution >= 0.6 is 27.5 Å². The van der Waals surface area contributed by atoms with Crippen LogP contribution in [0.4, 0.5) is 10.5 Å². The zero-order chi connectivity index (χ0) is 26.7. The van der Waals surface area contributed by atoms with Gasteiger partial charge in [-0.1, -0.05) is 42.8 Å². The van der Waals surface area contributed by atoms with Gasteiger partial charge in [-0.2, -0.15) is 0 Å². The number of hydrogen-bond acceptors (Lipinski definition) is 5. The second kappa shape index (κ2) is 11.0. The molecule has 10 heteroatoms. The van der Waals surface area contributed by atoms with E-state index in [-0.39, 0.29) is 22.8 Å². The van der Waals surface area contributed by atoms with E-state index in [0.29, 0.717) is 21.5 Å². The first-order chi connectivity index (χ1) is 17.7. The number of aryl methyl sites for hydroxylation is 1. The molecule has 0 aliphatic carbocycles. The third-order valence-corrected chi connectivity index (χ3v) is 6.49. The number of urea groups is 1.